The van der Waals surface area contributed by atoms with E-state index in [0.29, 0.717) is 22.0 Å². The van der Waals surface area contributed by atoms with Crippen molar-refractivity contribution in [3.8, 4) is 17.2 Å². The van der Waals surface area contributed by atoms with Crippen LogP contribution in [0.15, 0.2) is 66.2 Å². The minimum Gasteiger partial charge on any atom is -0.507 e. The lowest BCUT2D eigenvalue weighted by Gasteiger charge is -2.49. The minimum atomic E-state index is -1.48. The number of benzene rings is 3. The van der Waals surface area contributed by atoms with Crippen molar-refractivity contribution < 1.29 is 38.1 Å². The number of halogens is 3. The number of nitrogens with zero attached hydrogens (tertiary/aromatic N) is 2. The van der Waals surface area contributed by atoms with Gasteiger partial charge in [-0.25, -0.2) is 9.29 Å². The number of amides is 4. The van der Waals surface area contributed by atoms with E-state index in [1.54, 1.807) is 37.3 Å². The number of hydrogen-bond acceptors (Lipinski definition) is 7. The molecule has 0 bridgehead atoms. The lowest BCUT2D eigenvalue weighted by molar-refractivity contribution is -0.131. The topological polar surface area (TPSA) is 113 Å². The maximum absolute atomic E-state index is 14.6. The van der Waals surface area contributed by atoms with Gasteiger partial charge in [0.25, 0.3) is 0 Å². The van der Waals surface area contributed by atoms with Crippen LogP contribution in [0.25, 0.3) is 0 Å². The highest BCUT2D eigenvalue weighted by molar-refractivity contribution is 6.32. The van der Waals surface area contributed by atoms with Crippen LogP contribution >= 0.6 is 23.2 Å². The molecule has 1 saturated carbocycles. The van der Waals surface area contributed by atoms with Crippen molar-refractivity contribution in [2.24, 2.45) is 29.1 Å². The first kappa shape index (κ1) is 31.2. The van der Waals surface area contributed by atoms with Gasteiger partial charge in [-0.1, -0.05) is 34.9 Å². The van der Waals surface area contributed by atoms with Crippen molar-refractivity contribution >= 4 is 58.2 Å². The first-order valence-electron chi connectivity index (χ1n) is 15.0. The van der Waals surface area contributed by atoms with Gasteiger partial charge in [0.2, 0.25) is 23.6 Å². The van der Waals surface area contributed by atoms with E-state index in [0.717, 1.165) is 11.0 Å². The number of anilines is 2. The molecule has 47 heavy (non-hydrogen) atoms. The largest absolute Gasteiger partial charge is 0.507 e. The molecule has 12 heteroatoms. The summed E-state index contributed by atoms with van der Waals surface area (Å²) in [5.41, 5.74) is -0.0840. The molecule has 9 nitrogen and oxygen atoms in total. The standard InChI is InChI=1S/C35H29Cl2FN2O7/c1-35-23(32(43)40(34(35)45)18-8-11-25(38)24(37)12-18)15-22-20(30(35)29-26(41)13-19(46-2)14-27(29)47-3)9-10-21-28(22)33(44)39(31(21)42)17-6-4-16(36)5-7-17/h4-9,11-14,21-23,28,30,41H,10,15H2,1-3H3/t21-,22+,23-,28-,30+,35+/m0/s1. The molecule has 0 aromatic heterocycles. The Balaban J connectivity index is 1.41. The van der Waals surface area contributed by atoms with Crippen LogP contribution in [-0.4, -0.2) is 43.0 Å². The Morgan fingerprint density at radius 1 is 0.872 bits per heavy atom. The molecule has 242 valence electrons. The molecule has 1 N–H and O–H groups in total. The van der Waals surface area contributed by atoms with E-state index in [1.165, 1.54) is 37.3 Å². The average Bonchev–Trinajstić information content (AvgIpc) is 3.42. The van der Waals surface area contributed by atoms with Crippen LogP contribution in [0.3, 0.4) is 0 Å². The third kappa shape index (κ3) is 4.41. The van der Waals surface area contributed by atoms with Crippen LogP contribution in [0.4, 0.5) is 15.8 Å². The van der Waals surface area contributed by atoms with Gasteiger partial charge >= 0.3 is 0 Å². The Kier molecular flexibility index (Phi) is 7.37. The summed E-state index contributed by atoms with van der Waals surface area (Å²) in [6, 6.07) is 13.0. The number of aromatic hydroxyl groups is 1. The minimum absolute atomic E-state index is 0.0860. The van der Waals surface area contributed by atoms with Crippen molar-refractivity contribution in [2.75, 3.05) is 24.0 Å². The number of carbonyl (C=O) groups is 4. The van der Waals surface area contributed by atoms with Gasteiger partial charge in [0.15, 0.2) is 0 Å². The molecule has 0 spiro atoms. The fraction of sp³-hybridized carbons (Fsp3) is 0.314. The summed E-state index contributed by atoms with van der Waals surface area (Å²) in [5.74, 6) is -6.38. The van der Waals surface area contributed by atoms with Gasteiger partial charge in [-0.3, -0.25) is 24.1 Å². The summed E-state index contributed by atoms with van der Waals surface area (Å²) in [5, 5.41) is 11.7. The molecule has 2 aliphatic heterocycles. The van der Waals surface area contributed by atoms with E-state index >= 15 is 0 Å². The monoisotopic (exact) mass is 678 g/mol. The van der Waals surface area contributed by atoms with Crippen molar-refractivity contribution in [1.82, 2.24) is 0 Å². The van der Waals surface area contributed by atoms with Crippen molar-refractivity contribution in [2.45, 2.75) is 25.7 Å². The normalized spacial score (nSPS) is 28.2. The number of rotatable bonds is 5. The number of phenols is 1. The fourth-order valence-corrected chi connectivity index (χ4v) is 8.50. The summed E-state index contributed by atoms with van der Waals surface area (Å²) in [6.45, 7) is 1.67. The molecular weight excluding hydrogens is 650 g/mol. The maximum atomic E-state index is 14.6. The molecule has 3 aromatic carbocycles. The van der Waals surface area contributed by atoms with Crippen molar-refractivity contribution in [3.63, 3.8) is 0 Å². The van der Waals surface area contributed by atoms with E-state index in [-0.39, 0.29) is 46.5 Å². The van der Waals surface area contributed by atoms with E-state index < -0.39 is 58.5 Å². The number of ether oxygens (including phenoxy) is 2. The Morgan fingerprint density at radius 3 is 2.23 bits per heavy atom. The predicted octanol–water partition coefficient (Wildman–Crippen LogP) is 6.29. The molecule has 2 aliphatic carbocycles. The molecule has 0 unspecified atom stereocenters. The molecule has 3 fully saturated rings. The van der Waals surface area contributed by atoms with Gasteiger partial charge in [-0.05, 0) is 68.1 Å². The average molecular weight is 680 g/mol. The third-order valence-corrected chi connectivity index (χ3v) is 10.9. The second kappa shape index (κ2) is 11.1. The zero-order valence-corrected chi connectivity index (χ0v) is 27.0. The summed E-state index contributed by atoms with van der Waals surface area (Å²) in [6.07, 6.45) is 2.16. The Labute approximate surface area is 279 Å². The molecule has 4 aliphatic rings. The number of carbonyl (C=O) groups excluding carboxylic acids is 4. The smallest absolute Gasteiger partial charge is 0.241 e. The van der Waals surface area contributed by atoms with Crippen LogP contribution in [0.5, 0.6) is 17.2 Å². The molecule has 2 heterocycles. The Hall–Kier alpha value is -4.41. The van der Waals surface area contributed by atoms with Gasteiger partial charge in [0.1, 0.15) is 23.1 Å². The van der Waals surface area contributed by atoms with Gasteiger partial charge in [-0.15, -0.1) is 0 Å². The number of imide groups is 2. The van der Waals surface area contributed by atoms with Crippen LogP contribution in [0.2, 0.25) is 10.0 Å². The van der Waals surface area contributed by atoms with Gasteiger partial charge < -0.3 is 14.6 Å². The van der Waals surface area contributed by atoms with Crippen LogP contribution in [-0.2, 0) is 19.2 Å². The van der Waals surface area contributed by atoms with Crippen LogP contribution in [0.1, 0.15) is 31.2 Å². The van der Waals surface area contributed by atoms with Crippen molar-refractivity contribution in [3.05, 3.63) is 87.7 Å². The van der Waals surface area contributed by atoms with Crippen LogP contribution < -0.4 is 19.3 Å². The molecule has 3 aromatic rings. The summed E-state index contributed by atoms with van der Waals surface area (Å²) >= 11 is 12.1. The zero-order chi connectivity index (χ0) is 33.5. The van der Waals surface area contributed by atoms with E-state index in [1.807, 2.05) is 6.08 Å². The number of phenolic OH excluding ortho intramolecular Hbond substituents is 1. The summed E-state index contributed by atoms with van der Waals surface area (Å²) in [4.78, 5) is 59.2. The first-order chi connectivity index (χ1) is 22.4. The maximum Gasteiger partial charge on any atom is 0.241 e. The molecule has 0 radical (unpaired) electrons. The predicted molar refractivity (Wildman–Crippen MR) is 171 cm³/mol. The Morgan fingerprint density at radius 2 is 1.57 bits per heavy atom. The van der Waals surface area contributed by atoms with E-state index in [4.69, 9.17) is 32.7 Å². The fourth-order valence-electron chi connectivity index (χ4n) is 8.20. The number of allylic oxidation sites excluding steroid dienone is 2. The van der Waals surface area contributed by atoms with E-state index in [9.17, 15) is 28.7 Å². The Bertz CT molecular complexity index is 1910. The summed E-state index contributed by atoms with van der Waals surface area (Å²) < 4.78 is 25.2. The van der Waals surface area contributed by atoms with Gasteiger partial charge in [0, 0.05) is 28.6 Å². The lowest BCUT2D eigenvalue weighted by atomic mass is 9.51. The number of methoxy groups -OCH3 is 2. The molecular formula is C35H29Cl2FN2O7. The van der Waals surface area contributed by atoms with Gasteiger partial charge in [0.05, 0.1) is 53.8 Å². The highest BCUT2D eigenvalue weighted by Gasteiger charge is 2.68. The molecule has 2 saturated heterocycles. The second-order valence-corrected chi connectivity index (χ2v) is 13.4. The summed E-state index contributed by atoms with van der Waals surface area (Å²) in [7, 11) is 2.85. The highest BCUT2D eigenvalue weighted by atomic mass is 35.5. The lowest BCUT2D eigenvalue weighted by Crippen LogP contribution is -2.49. The number of fused-ring (bicyclic) bond motifs is 4. The van der Waals surface area contributed by atoms with Crippen LogP contribution in [0, 0.1) is 34.9 Å². The number of hydrogen-bond donors (Lipinski definition) is 1. The molecule has 4 amide bonds. The third-order valence-electron chi connectivity index (χ3n) is 10.4. The van der Waals surface area contributed by atoms with Crippen molar-refractivity contribution in [1.29, 1.82) is 0 Å². The first-order valence-corrected chi connectivity index (χ1v) is 15.8. The molecule has 6 atom stereocenters. The second-order valence-electron chi connectivity index (χ2n) is 12.5. The molecule has 7 rings (SSSR count). The highest BCUT2D eigenvalue weighted by Crippen LogP contribution is 2.65. The van der Waals surface area contributed by atoms with Gasteiger partial charge in [-0.2, -0.15) is 0 Å². The quantitative estimate of drug-likeness (QED) is 0.249. The zero-order valence-electron chi connectivity index (χ0n) is 25.5. The SMILES string of the molecule is COc1cc(O)c([C@H]2C3=CC[C@@H]4C(=O)N(c5ccc(Cl)cc5)C(=O)[C@@H]4[C@@H]3C[C@H]3C(=O)N(c4ccc(F)c(Cl)c4)C(=O)[C@@]23C)c(OC)c1. The van der Waals surface area contributed by atoms with E-state index in [2.05, 4.69) is 0 Å².